The summed E-state index contributed by atoms with van der Waals surface area (Å²) in [7, 11) is 0. The molecule has 1 amide bonds. The molecular weight excluding hydrogens is 234 g/mol. The van der Waals surface area contributed by atoms with Gasteiger partial charge in [0.15, 0.2) is 0 Å². The van der Waals surface area contributed by atoms with Crippen molar-refractivity contribution in [2.24, 2.45) is 5.41 Å². The lowest BCUT2D eigenvalue weighted by atomic mass is 9.89. The third-order valence-corrected chi connectivity index (χ3v) is 1.94. The largest absolute Gasteiger partial charge is 0.481 e. The average Bonchev–Trinajstić information content (AvgIpc) is 2.07. The second-order valence-corrected chi connectivity index (χ2v) is 5.84. The number of rotatable bonds is 5. The van der Waals surface area contributed by atoms with Crippen molar-refractivity contribution in [3.63, 3.8) is 0 Å². The van der Waals surface area contributed by atoms with Crippen molar-refractivity contribution >= 4 is 12.1 Å². The van der Waals surface area contributed by atoms with Crippen LogP contribution in [0.15, 0.2) is 12.2 Å². The van der Waals surface area contributed by atoms with Crippen LogP contribution in [0.4, 0.5) is 4.79 Å². The maximum atomic E-state index is 11.3. The number of carboxylic acid groups (broad SMARTS) is 1. The zero-order chi connectivity index (χ0) is 14.4. The first-order chi connectivity index (χ1) is 8.02. The van der Waals surface area contributed by atoms with E-state index in [0.29, 0.717) is 6.54 Å². The van der Waals surface area contributed by atoms with Gasteiger partial charge in [-0.05, 0) is 26.2 Å². The normalized spacial score (nSPS) is 12.5. The van der Waals surface area contributed by atoms with Crippen LogP contribution in [-0.4, -0.2) is 29.3 Å². The van der Waals surface area contributed by atoms with E-state index in [-0.39, 0.29) is 6.42 Å². The van der Waals surface area contributed by atoms with E-state index in [0.717, 1.165) is 0 Å². The quantitative estimate of drug-likeness (QED) is 0.742. The van der Waals surface area contributed by atoms with E-state index in [1.54, 1.807) is 32.9 Å². The molecule has 0 rings (SSSR count). The molecule has 0 spiro atoms. The molecule has 0 fully saturated rings. The van der Waals surface area contributed by atoms with Crippen LogP contribution in [0.2, 0.25) is 0 Å². The fourth-order valence-corrected chi connectivity index (χ4v) is 1.28. The molecule has 0 atom stereocenters. The second kappa shape index (κ2) is 6.42. The summed E-state index contributed by atoms with van der Waals surface area (Å²) < 4.78 is 5.06. The molecule has 5 nitrogen and oxygen atoms in total. The summed E-state index contributed by atoms with van der Waals surface area (Å²) >= 11 is 0. The number of carboxylic acids is 1. The van der Waals surface area contributed by atoms with Gasteiger partial charge in [0.2, 0.25) is 0 Å². The lowest BCUT2D eigenvalue weighted by Crippen LogP contribution is -2.32. The number of carbonyl (C=O) groups excluding carboxylic acids is 1. The Morgan fingerprint density at radius 1 is 1.22 bits per heavy atom. The Hall–Kier alpha value is -1.52. The monoisotopic (exact) mass is 257 g/mol. The van der Waals surface area contributed by atoms with Gasteiger partial charge in [0, 0.05) is 6.54 Å². The molecule has 0 aliphatic heterocycles. The van der Waals surface area contributed by atoms with Crippen molar-refractivity contribution in [1.29, 1.82) is 0 Å². The smallest absolute Gasteiger partial charge is 0.407 e. The first-order valence-corrected chi connectivity index (χ1v) is 5.88. The Morgan fingerprint density at radius 3 is 2.22 bits per heavy atom. The molecule has 0 aliphatic carbocycles. The van der Waals surface area contributed by atoms with Crippen molar-refractivity contribution in [2.45, 2.75) is 46.6 Å². The lowest BCUT2D eigenvalue weighted by Gasteiger charge is -2.19. The van der Waals surface area contributed by atoms with Gasteiger partial charge in [-0.3, -0.25) is 4.79 Å². The number of allylic oxidation sites excluding steroid dienone is 1. The topological polar surface area (TPSA) is 75.6 Å². The fourth-order valence-electron chi connectivity index (χ4n) is 1.28. The highest BCUT2D eigenvalue weighted by molar-refractivity contribution is 5.68. The minimum absolute atomic E-state index is 0.0515. The van der Waals surface area contributed by atoms with E-state index in [2.05, 4.69) is 5.32 Å². The zero-order valence-electron chi connectivity index (χ0n) is 11.7. The van der Waals surface area contributed by atoms with Gasteiger partial charge in [-0.2, -0.15) is 0 Å². The van der Waals surface area contributed by atoms with Crippen LogP contribution in [0.5, 0.6) is 0 Å². The number of carbonyl (C=O) groups is 2. The van der Waals surface area contributed by atoms with E-state index in [1.165, 1.54) is 0 Å². The van der Waals surface area contributed by atoms with Crippen LogP contribution in [0.1, 0.15) is 41.0 Å². The molecule has 5 heteroatoms. The Kier molecular flexibility index (Phi) is 5.88. The standard InChI is InChI=1S/C13H23NO4/c1-12(2,3)18-11(17)14-8-6-7-13(4,5)9-10(15)16/h6-7H,8-9H2,1-5H3,(H,14,17)(H,15,16)/b7-6+. The number of nitrogens with one attached hydrogen (secondary N) is 1. The molecule has 104 valence electrons. The first kappa shape index (κ1) is 16.5. The summed E-state index contributed by atoms with van der Waals surface area (Å²) in [5, 5.41) is 11.3. The van der Waals surface area contributed by atoms with Crippen molar-refractivity contribution in [3.8, 4) is 0 Å². The van der Waals surface area contributed by atoms with Crippen molar-refractivity contribution in [2.75, 3.05) is 6.54 Å². The fraction of sp³-hybridized carbons (Fsp3) is 0.692. The highest BCUT2D eigenvalue weighted by atomic mass is 16.6. The van der Waals surface area contributed by atoms with Crippen LogP contribution >= 0.6 is 0 Å². The highest BCUT2D eigenvalue weighted by Crippen LogP contribution is 2.21. The number of amides is 1. The molecule has 0 saturated heterocycles. The van der Waals surface area contributed by atoms with Gasteiger partial charge in [0.05, 0.1) is 6.42 Å². The lowest BCUT2D eigenvalue weighted by molar-refractivity contribution is -0.138. The molecule has 0 aromatic carbocycles. The van der Waals surface area contributed by atoms with Crippen LogP contribution in [0.3, 0.4) is 0 Å². The average molecular weight is 257 g/mol. The summed E-state index contributed by atoms with van der Waals surface area (Å²) in [6, 6.07) is 0. The van der Waals surface area contributed by atoms with Crippen LogP contribution in [0.25, 0.3) is 0 Å². The van der Waals surface area contributed by atoms with Crippen LogP contribution in [-0.2, 0) is 9.53 Å². The van der Waals surface area contributed by atoms with E-state index in [9.17, 15) is 9.59 Å². The zero-order valence-corrected chi connectivity index (χ0v) is 11.7. The number of aliphatic carboxylic acids is 1. The number of ether oxygens (including phenoxy) is 1. The predicted octanol–water partition coefficient (Wildman–Crippen LogP) is 2.57. The van der Waals surface area contributed by atoms with E-state index < -0.39 is 23.1 Å². The van der Waals surface area contributed by atoms with Gasteiger partial charge in [0.25, 0.3) is 0 Å². The molecular formula is C13H23NO4. The highest BCUT2D eigenvalue weighted by Gasteiger charge is 2.18. The molecule has 0 aromatic rings. The summed E-state index contributed by atoms with van der Waals surface area (Å²) in [6.07, 6.45) is 3.07. The third kappa shape index (κ3) is 9.69. The Labute approximate surface area is 108 Å². The van der Waals surface area contributed by atoms with Gasteiger partial charge in [-0.1, -0.05) is 26.0 Å². The molecule has 0 aromatic heterocycles. The van der Waals surface area contributed by atoms with Crippen molar-refractivity contribution < 1.29 is 19.4 Å². The number of hydrogen-bond acceptors (Lipinski definition) is 3. The van der Waals surface area contributed by atoms with E-state index >= 15 is 0 Å². The molecule has 0 bridgehead atoms. The van der Waals surface area contributed by atoms with E-state index in [1.807, 2.05) is 13.8 Å². The minimum Gasteiger partial charge on any atom is -0.481 e. The second-order valence-electron chi connectivity index (χ2n) is 5.84. The van der Waals surface area contributed by atoms with Crippen LogP contribution in [0, 0.1) is 5.41 Å². The molecule has 0 aliphatic rings. The Balaban J connectivity index is 4.04. The molecule has 0 saturated carbocycles. The van der Waals surface area contributed by atoms with Gasteiger partial charge in [-0.25, -0.2) is 4.79 Å². The maximum Gasteiger partial charge on any atom is 0.407 e. The summed E-state index contributed by atoms with van der Waals surface area (Å²) in [5.41, 5.74) is -0.947. The molecule has 0 unspecified atom stereocenters. The van der Waals surface area contributed by atoms with E-state index in [4.69, 9.17) is 9.84 Å². The molecule has 18 heavy (non-hydrogen) atoms. The molecule has 0 radical (unpaired) electrons. The van der Waals surface area contributed by atoms with Gasteiger partial charge in [-0.15, -0.1) is 0 Å². The van der Waals surface area contributed by atoms with Crippen molar-refractivity contribution in [3.05, 3.63) is 12.2 Å². The number of hydrogen-bond donors (Lipinski definition) is 2. The third-order valence-electron chi connectivity index (χ3n) is 1.94. The summed E-state index contributed by atoms with van der Waals surface area (Å²) in [4.78, 5) is 21.9. The summed E-state index contributed by atoms with van der Waals surface area (Å²) in [6.45, 7) is 9.34. The Bertz CT molecular complexity index is 326. The van der Waals surface area contributed by atoms with Gasteiger partial charge in [0.1, 0.15) is 5.60 Å². The van der Waals surface area contributed by atoms with Crippen LogP contribution < -0.4 is 5.32 Å². The predicted molar refractivity (Wildman–Crippen MR) is 69.4 cm³/mol. The SMILES string of the molecule is CC(C)(/C=C/CNC(=O)OC(C)(C)C)CC(=O)O. The van der Waals surface area contributed by atoms with Gasteiger partial charge < -0.3 is 15.2 Å². The molecule has 0 heterocycles. The summed E-state index contributed by atoms with van der Waals surface area (Å²) in [5.74, 6) is -0.843. The van der Waals surface area contributed by atoms with Gasteiger partial charge >= 0.3 is 12.1 Å². The van der Waals surface area contributed by atoms with Crippen molar-refractivity contribution in [1.82, 2.24) is 5.32 Å². The first-order valence-electron chi connectivity index (χ1n) is 5.88. The maximum absolute atomic E-state index is 11.3. The number of alkyl carbamates (subject to hydrolysis) is 1. The Morgan fingerprint density at radius 2 is 1.78 bits per heavy atom. The molecule has 2 N–H and O–H groups in total. The minimum atomic E-state index is -0.843.